The smallest absolute Gasteiger partial charge is 0.408 e. The molecule has 0 unspecified atom stereocenters. The Kier molecular flexibility index (Phi) is 14.1. The number of aryl methyl sites for hydroxylation is 2. The number of hydrogen-bond donors (Lipinski definition) is 5. The first-order valence-electron chi connectivity index (χ1n) is 23.4. The summed E-state index contributed by atoms with van der Waals surface area (Å²) < 4.78 is 9.69. The van der Waals surface area contributed by atoms with E-state index < -0.39 is 11.1 Å². The van der Waals surface area contributed by atoms with Crippen LogP contribution in [-0.4, -0.2) is 63.4 Å². The highest BCUT2D eigenvalue weighted by Gasteiger charge is 2.41. The summed E-state index contributed by atoms with van der Waals surface area (Å²) in [6, 6.07) is 37.2. The zero-order valence-corrected chi connectivity index (χ0v) is 42.2. The maximum absolute atomic E-state index is 12.6. The summed E-state index contributed by atoms with van der Waals surface area (Å²) >= 11 is 0. The Morgan fingerprint density at radius 2 is 1.07 bits per heavy atom. The molecule has 4 aromatic heterocycles. The van der Waals surface area contributed by atoms with Crippen molar-refractivity contribution >= 4 is 53.9 Å². The number of ether oxygens (including phenoxy) is 1. The molecular formula is C54H58Cl2N12O3. The van der Waals surface area contributed by atoms with E-state index in [0.717, 1.165) is 130 Å². The second-order valence-corrected chi connectivity index (χ2v) is 19.2. The third-order valence-electron chi connectivity index (χ3n) is 13.3. The van der Waals surface area contributed by atoms with E-state index in [0.29, 0.717) is 0 Å². The quantitative estimate of drug-likeness (QED) is 0.110. The second-order valence-electron chi connectivity index (χ2n) is 19.2. The number of halogens is 2. The highest BCUT2D eigenvalue weighted by molar-refractivity contribution is 5.87. The van der Waals surface area contributed by atoms with Crippen molar-refractivity contribution in [3.63, 3.8) is 0 Å². The lowest BCUT2D eigenvalue weighted by molar-refractivity contribution is 0.0377. The summed E-state index contributed by atoms with van der Waals surface area (Å²) in [5, 5.41) is 35.5. The maximum Gasteiger partial charge on any atom is 0.408 e. The highest BCUT2D eigenvalue weighted by atomic mass is 35.5. The van der Waals surface area contributed by atoms with Crippen LogP contribution in [0.5, 0.6) is 0 Å². The topological polar surface area (TPSA) is 196 Å². The lowest BCUT2D eigenvalue weighted by Gasteiger charge is -2.43. The molecule has 4 aliphatic rings. The number of aliphatic hydroxyl groups is 1. The molecule has 2 fully saturated rings. The minimum Gasteiger partial charge on any atom is -0.444 e. The van der Waals surface area contributed by atoms with Gasteiger partial charge in [0.1, 0.15) is 5.60 Å². The van der Waals surface area contributed by atoms with Crippen LogP contribution in [0.4, 0.5) is 27.8 Å². The van der Waals surface area contributed by atoms with Crippen LogP contribution in [0.1, 0.15) is 81.5 Å². The van der Waals surface area contributed by atoms with Crippen LogP contribution in [0.3, 0.4) is 0 Å². The SMILES string of the molecule is CO.Cc1ccc2c(c1)-c1nnc(-c3ccc(C4(N)CCC4)cc3)n1-c1cccnc1N2.Cc1ccc2c(c1)-c1nnc(-c3ccc(C4(NC(=O)OC(C)(C)C)CCC4)cc3)n1-c1cccnc1N2.Cl.Cl. The summed E-state index contributed by atoms with van der Waals surface area (Å²) in [5.41, 5.74) is 17.6. The standard InChI is InChI=1S/C29H30N6O2.C24H22N6.CH4O.2ClH/c1-18-8-13-22-21(17-18)26-34-33-25(35(26)23-7-5-16-30-24(23)31-22)19-9-11-20(12-10-19)29(14-6-15-29)32-27(36)37-28(2,3)4;1-15-5-10-19-18(14-15)23-29-28-22(30(23)20-4-2-13-26-21(20)27-19)16-6-8-17(9-7-16)24(25)11-3-12-24;1-2;;/h5,7-13,16-17H,6,14-15H2,1-4H3,(H,30,31)(H,32,36);2,4-10,13-14H,3,11-12,25H2,1H3,(H,26,27);2H,1H3;2*1H. The van der Waals surface area contributed by atoms with E-state index in [1.54, 1.807) is 12.4 Å². The van der Waals surface area contributed by atoms with Crippen molar-refractivity contribution in [1.82, 2.24) is 44.8 Å². The number of nitrogens with zero attached hydrogens (tertiary/aromatic N) is 8. The number of benzene rings is 4. The van der Waals surface area contributed by atoms with Gasteiger partial charge in [-0.15, -0.1) is 45.2 Å². The number of alkyl carbamates (subject to hydrolysis) is 1. The molecule has 2 aliphatic carbocycles. The van der Waals surface area contributed by atoms with Crippen LogP contribution in [0.25, 0.3) is 56.9 Å². The van der Waals surface area contributed by atoms with Gasteiger partial charge in [-0.25, -0.2) is 14.8 Å². The van der Waals surface area contributed by atoms with Gasteiger partial charge in [-0.3, -0.25) is 9.13 Å². The van der Waals surface area contributed by atoms with Crippen molar-refractivity contribution in [3.8, 4) is 56.9 Å². The molecule has 0 atom stereocenters. The number of pyridine rings is 2. The van der Waals surface area contributed by atoms with Gasteiger partial charge in [0.15, 0.2) is 34.9 Å². The number of carbonyl (C=O) groups is 1. The van der Waals surface area contributed by atoms with Gasteiger partial charge in [-0.05, 0) is 133 Å². The van der Waals surface area contributed by atoms with Gasteiger partial charge in [-0.1, -0.05) is 71.8 Å². The monoisotopic (exact) mass is 992 g/mol. The van der Waals surface area contributed by atoms with Crippen LogP contribution in [0, 0.1) is 13.8 Å². The number of anilines is 4. The van der Waals surface area contributed by atoms with Crippen LogP contribution in [0.2, 0.25) is 0 Å². The number of nitrogens with one attached hydrogen (secondary N) is 3. The molecule has 2 aliphatic heterocycles. The van der Waals surface area contributed by atoms with Crippen molar-refractivity contribution in [2.75, 3.05) is 17.7 Å². The molecule has 366 valence electrons. The van der Waals surface area contributed by atoms with E-state index in [1.807, 2.05) is 45.0 Å². The van der Waals surface area contributed by atoms with Gasteiger partial charge < -0.3 is 31.5 Å². The molecule has 1 amide bonds. The molecule has 6 N–H and O–H groups in total. The summed E-state index contributed by atoms with van der Waals surface area (Å²) in [7, 11) is 1.00. The minimum atomic E-state index is -0.540. The van der Waals surface area contributed by atoms with Crippen LogP contribution in [0.15, 0.2) is 122 Å². The number of amides is 1. The Bertz CT molecular complexity index is 3210. The van der Waals surface area contributed by atoms with Crippen molar-refractivity contribution < 1.29 is 14.6 Å². The first kappa shape index (κ1) is 50.2. The van der Waals surface area contributed by atoms with Gasteiger partial charge in [0.05, 0.1) is 28.3 Å². The van der Waals surface area contributed by atoms with Crippen LogP contribution < -0.4 is 21.7 Å². The predicted octanol–water partition coefficient (Wildman–Crippen LogP) is 11.4. The van der Waals surface area contributed by atoms with Gasteiger partial charge in [-0.2, -0.15) is 0 Å². The summed E-state index contributed by atoms with van der Waals surface area (Å²) in [4.78, 5) is 21.7. The van der Waals surface area contributed by atoms with E-state index in [4.69, 9.17) is 15.6 Å². The van der Waals surface area contributed by atoms with Crippen molar-refractivity contribution in [2.45, 2.75) is 89.8 Å². The minimum absolute atomic E-state index is 0. The molecule has 0 spiro atoms. The molecule has 6 heterocycles. The highest BCUT2D eigenvalue weighted by Crippen LogP contribution is 2.45. The molecule has 2 saturated carbocycles. The van der Waals surface area contributed by atoms with Gasteiger partial charge >= 0.3 is 6.09 Å². The fraction of sp³-hybridized carbons (Fsp3) is 0.278. The number of rotatable bonds is 5. The summed E-state index contributed by atoms with van der Waals surface area (Å²) in [6.45, 7) is 9.77. The van der Waals surface area contributed by atoms with Gasteiger partial charge in [0, 0.05) is 47.3 Å². The van der Waals surface area contributed by atoms with Crippen LogP contribution in [-0.2, 0) is 15.8 Å². The Balaban J connectivity index is 0.000000182. The van der Waals surface area contributed by atoms with E-state index >= 15 is 0 Å². The maximum atomic E-state index is 12.6. The number of fused-ring (bicyclic) bond motifs is 10. The number of aliphatic hydroxyl groups excluding tert-OH is 1. The number of nitrogens with two attached hydrogens (primary N) is 1. The van der Waals surface area contributed by atoms with E-state index in [-0.39, 0.29) is 36.4 Å². The molecule has 71 heavy (non-hydrogen) atoms. The summed E-state index contributed by atoms with van der Waals surface area (Å²) in [6.07, 6.45) is 9.31. The molecule has 0 bridgehead atoms. The first-order chi connectivity index (χ1) is 33.3. The first-order valence-corrected chi connectivity index (χ1v) is 23.4. The number of hydrogen-bond acceptors (Lipinski definition) is 12. The Morgan fingerprint density at radius 3 is 1.48 bits per heavy atom. The largest absolute Gasteiger partial charge is 0.444 e. The van der Waals surface area contributed by atoms with Crippen molar-refractivity contribution in [3.05, 3.63) is 144 Å². The fourth-order valence-corrected chi connectivity index (χ4v) is 9.51. The van der Waals surface area contributed by atoms with Gasteiger partial charge in [0.2, 0.25) is 0 Å². The molecule has 0 radical (unpaired) electrons. The number of carbonyl (C=O) groups excluding carboxylic acids is 1. The molecule has 12 rings (SSSR count). The Hall–Kier alpha value is -7.17. The van der Waals surface area contributed by atoms with Crippen LogP contribution >= 0.6 is 24.8 Å². The Morgan fingerprint density at radius 1 is 0.634 bits per heavy atom. The lowest BCUT2D eigenvalue weighted by Crippen LogP contribution is -2.52. The molecule has 15 nitrogen and oxygen atoms in total. The summed E-state index contributed by atoms with van der Waals surface area (Å²) in [5.74, 6) is 4.63. The van der Waals surface area contributed by atoms with Crippen molar-refractivity contribution in [1.29, 1.82) is 0 Å². The lowest BCUT2D eigenvalue weighted by atomic mass is 9.72. The molecule has 4 aromatic carbocycles. The van der Waals surface area contributed by atoms with E-state index in [1.165, 1.54) is 17.5 Å². The second kappa shape index (κ2) is 19.9. The molecular weight excluding hydrogens is 936 g/mol. The third-order valence-corrected chi connectivity index (χ3v) is 13.3. The average Bonchev–Trinajstić information content (AvgIpc) is 3.91. The van der Waals surface area contributed by atoms with Gasteiger partial charge in [0.25, 0.3) is 0 Å². The normalized spacial score (nSPS) is 14.7. The zero-order valence-electron chi connectivity index (χ0n) is 40.5. The number of aromatic nitrogens is 8. The predicted molar refractivity (Wildman–Crippen MR) is 283 cm³/mol. The Labute approximate surface area is 425 Å². The zero-order chi connectivity index (χ0) is 48.1. The molecule has 17 heteroatoms. The van der Waals surface area contributed by atoms with E-state index in [9.17, 15) is 4.79 Å². The fourth-order valence-electron chi connectivity index (χ4n) is 9.51. The third kappa shape index (κ3) is 9.45. The van der Waals surface area contributed by atoms with Crippen molar-refractivity contribution in [2.24, 2.45) is 5.73 Å². The van der Waals surface area contributed by atoms with E-state index in [2.05, 4.69) is 154 Å². The molecule has 0 saturated heterocycles. The molecule has 8 aromatic rings. The average molecular weight is 994 g/mol.